The molecule has 2 aromatic rings. The Morgan fingerprint density at radius 1 is 1.00 bits per heavy atom. The van der Waals surface area contributed by atoms with E-state index in [0.717, 1.165) is 23.7 Å². The predicted octanol–water partition coefficient (Wildman–Crippen LogP) is 4.19. The molecule has 0 aromatic heterocycles. The molecule has 0 aliphatic heterocycles. The molecule has 112 valence electrons. The van der Waals surface area contributed by atoms with E-state index in [1.54, 1.807) is 7.11 Å². The van der Waals surface area contributed by atoms with E-state index < -0.39 is 0 Å². The molecule has 2 rings (SSSR count). The Labute approximate surface area is 126 Å². The fraction of sp³-hybridized carbons (Fsp3) is 0.333. The van der Waals surface area contributed by atoms with Crippen molar-refractivity contribution < 1.29 is 9.47 Å². The molecule has 21 heavy (non-hydrogen) atoms. The van der Waals surface area contributed by atoms with E-state index in [9.17, 15) is 0 Å². The minimum Gasteiger partial charge on any atom is -0.493 e. The van der Waals surface area contributed by atoms with Gasteiger partial charge >= 0.3 is 0 Å². The molecule has 0 aliphatic carbocycles. The van der Waals surface area contributed by atoms with E-state index in [-0.39, 0.29) is 6.10 Å². The lowest BCUT2D eigenvalue weighted by Gasteiger charge is -2.18. The van der Waals surface area contributed by atoms with Crippen LogP contribution in [-0.2, 0) is 0 Å². The summed E-state index contributed by atoms with van der Waals surface area (Å²) in [7, 11) is 1.65. The van der Waals surface area contributed by atoms with Crippen LogP contribution >= 0.6 is 0 Å². The summed E-state index contributed by atoms with van der Waals surface area (Å²) in [4.78, 5) is 0. The molecule has 3 nitrogen and oxygen atoms in total. The van der Waals surface area contributed by atoms with Crippen LogP contribution in [0.15, 0.2) is 42.5 Å². The van der Waals surface area contributed by atoms with Crippen molar-refractivity contribution in [2.45, 2.75) is 26.9 Å². The number of methoxy groups -OCH3 is 1. The van der Waals surface area contributed by atoms with Crippen molar-refractivity contribution in [3.8, 4) is 11.5 Å². The maximum Gasteiger partial charge on any atom is 0.161 e. The number of hydrogen-bond acceptors (Lipinski definition) is 3. The third-order valence-corrected chi connectivity index (χ3v) is 3.50. The summed E-state index contributed by atoms with van der Waals surface area (Å²) in [5.74, 6) is 1.53. The maximum atomic E-state index is 5.92. The molecule has 0 saturated heterocycles. The van der Waals surface area contributed by atoms with E-state index in [0.29, 0.717) is 0 Å². The number of rotatable bonds is 6. The van der Waals surface area contributed by atoms with E-state index >= 15 is 0 Å². The lowest BCUT2D eigenvalue weighted by atomic mass is 10.1. The third kappa shape index (κ3) is 4.15. The van der Waals surface area contributed by atoms with Gasteiger partial charge in [0.2, 0.25) is 0 Å². The largest absolute Gasteiger partial charge is 0.493 e. The van der Waals surface area contributed by atoms with Gasteiger partial charge in [0.25, 0.3) is 0 Å². The van der Waals surface area contributed by atoms with Gasteiger partial charge < -0.3 is 14.8 Å². The molecule has 1 unspecified atom stereocenters. The molecule has 0 saturated carbocycles. The van der Waals surface area contributed by atoms with E-state index in [1.807, 2.05) is 31.2 Å². The highest BCUT2D eigenvalue weighted by Gasteiger charge is 2.08. The molecule has 1 atom stereocenters. The van der Waals surface area contributed by atoms with Gasteiger partial charge in [-0.3, -0.25) is 0 Å². The normalized spacial score (nSPS) is 11.8. The smallest absolute Gasteiger partial charge is 0.161 e. The van der Waals surface area contributed by atoms with Crippen LogP contribution in [0.4, 0.5) is 5.69 Å². The molecule has 0 radical (unpaired) electrons. The zero-order valence-corrected chi connectivity index (χ0v) is 13.1. The number of ether oxygens (including phenoxy) is 2. The first-order chi connectivity index (χ1) is 10.1. The number of benzene rings is 2. The average Bonchev–Trinajstić information content (AvgIpc) is 2.49. The molecule has 0 amide bonds. The first kappa shape index (κ1) is 15.2. The molecule has 3 heteroatoms. The second kappa shape index (κ2) is 7.02. The van der Waals surface area contributed by atoms with Crippen LogP contribution in [0, 0.1) is 13.8 Å². The number of hydrogen-bond donors (Lipinski definition) is 1. The van der Waals surface area contributed by atoms with Crippen molar-refractivity contribution in [2.75, 3.05) is 19.0 Å². The summed E-state index contributed by atoms with van der Waals surface area (Å²) in [6.45, 7) is 7.02. The van der Waals surface area contributed by atoms with Gasteiger partial charge in [-0.1, -0.05) is 18.2 Å². The van der Waals surface area contributed by atoms with Gasteiger partial charge in [0.05, 0.1) is 13.7 Å². The Kier molecular flexibility index (Phi) is 5.09. The van der Waals surface area contributed by atoms with Crippen LogP contribution in [0.25, 0.3) is 0 Å². The van der Waals surface area contributed by atoms with Crippen LogP contribution in [-0.4, -0.2) is 19.8 Å². The highest BCUT2D eigenvalue weighted by atomic mass is 16.5. The molecule has 2 aromatic carbocycles. The van der Waals surface area contributed by atoms with Crippen molar-refractivity contribution in [3.63, 3.8) is 0 Å². The minimum atomic E-state index is 0.0444. The zero-order chi connectivity index (χ0) is 15.2. The average molecular weight is 285 g/mol. The van der Waals surface area contributed by atoms with Gasteiger partial charge in [-0.25, -0.2) is 0 Å². The molecule has 0 bridgehead atoms. The Bertz CT molecular complexity index is 596. The zero-order valence-electron chi connectivity index (χ0n) is 13.1. The van der Waals surface area contributed by atoms with Crippen molar-refractivity contribution in [1.82, 2.24) is 0 Å². The molecular formula is C18H23NO2. The number of anilines is 1. The second-order valence-corrected chi connectivity index (χ2v) is 5.26. The fourth-order valence-electron chi connectivity index (χ4n) is 2.09. The number of para-hydroxylation sites is 2. The SMILES string of the molecule is COc1ccccc1OC(C)CNc1ccc(C)c(C)c1. The van der Waals surface area contributed by atoms with Crippen molar-refractivity contribution in [2.24, 2.45) is 0 Å². The first-order valence-corrected chi connectivity index (χ1v) is 7.21. The summed E-state index contributed by atoms with van der Waals surface area (Å²) in [5.41, 5.74) is 3.71. The second-order valence-electron chi connectivity index (χ2n) is 5.26. The molecule has 0 spiro atoms. The maximum absolute atomic E-state index is 5.92. The summed E-state index contributed by atoms with van der Waals surface area (Å²) in [5, 5.41) is 3.40. The van der Waals surface area contributed by atoms with Gasteiger partial charge in [0, 0.05) is 5.69 Å². The molecular weight excluding hydrogens is 262 g/mol. The lowest BCUT2D eigenvalue weighted by molar-refractivity contribution is 0.223. The topological polar surface area (TPSA) is 30.5 Å². The molecule has 1 N–H and O–H groups in total. The van der Waals surface area contributed by atoms with Crippen LogP contribution in [0.5, 0.6) is 11.5 Å². The summed E-state index contributed by atoms with van der Waals surface area (Å²) in [6.07, 6.45) is 0.0444. The van der Waals surface area contributed by atoms with Crippen molar-refractivity contribution in [1.29, 1.82) is 0 Å². The van der Waals surface area contributed by atoms with Crippen LogP contribution < -0.4 is 14.8 Å². The third-order valence-electron chi connectivity index (χ3n) is 3.50. The summed E-state index contributed by atoms with van der Waals surface area (Å²) < 4.78 is 11.2. The highest BCUT2D eigenvalue weighted by Crippen LogP contribution is 2.26. The Morgan fingerprint density at radius 3 is 2.38 bits per heavy atom. The Morgan fingerprint density at radius 2 is 1.71 bits per heavy atom. The number of aryl methyl sites for hydroxylation is 2. The fourth-order valence-corrected chi connectivity index (χ4v) is 2.09. The van der Waals surface area contributed by atoms with Crippen molar-refractivity contribution >= 4 is 5.69 Å². The van der Waals surface area contributed by atoms with E-state index in [1.165, 1.54) is 11.1 Å². The first-order valence-electron chi connectivity index (χ1n) is 7.21. The Hall–Kier alpha value is -2.16. The minimum absolute atomic E-state index is 0.0444. The Balaban J connectivity index is 1.92. The van der Waals surface area contributed by atoms with Crippen LogP contribution in [0.3, 0.4) is 0 Å². The van der Waals surface area contributed by atoms with Crippen LogP contribution in [0.1, 0.15) is 18.1 Å². The molecule has 0 fully saturated rings. The summed E-state index contributed by atoms with van der Waals surface area (Å²) >= 11 is 0. The van der Waals surface area contributed by atoms with E-state index in [4.69, 9.17) is 9.47 Å². The lowest BCUT2D eigenvalue weighted by Crippen LogP contribution is -2.22. The summed E-state index contributed by atoms with van der Waals surface area (Å²) in [6, 6.07) is 14.1. The van der Waals surface area contributed by atoms with Gasteiger partial charge in [0.15, 0.2) is 11.5 Å². The predicted molar refractivity (Wildman–Crippen MR) is 87.5 cm³/mol. The quantitative estimate of drug-likeness (QED) is 0.863. The standard InChI is InChI=1S/C18H23NO2/c1-13-9-10-16(11-14(13)2)19-12-15(3)21-18-8-6-5-7-17(18)20-4/h5-11,15,19H,12H2,1-4H3. The van der Waals surface area contributed by atoms with Gasteiger partial charge in [0.1, 0.15) is 6.10 Å². The van der Waals surface area contributed by atoms with Gasteiger partial charge in [-0.2, -0.15) is 0 Å². The van der Waals surface area contributed by atoms with Crippen LogP contribution in [0.2, 0.25) is 0 Å². The van der Waals surface area contributed by atoms with E-state index in [2.05, 4.69) is 37.4 Å². The molecule has 0 aliphatic rings. The van der Waals surface area contributed by atoms with Gasteiger partial charge in [-0.05, 0) is 56.2 Å². The highest BCUT2D eigenvalue weighted by molar-refractivity contribution is 5.48. The monoisotopic (exact) mass is 285 g/mol. The van der Waals surface area contributed by atoms with Gasteiger partial charge in [-0.15, -0.1) is 0 Å². The number of nitrogens with one attached hydrogen (secondary N) is 1. The molecule has 0 heterocycles. The van der Waals surface area contributed by atoms with Crippen molar-refractivity contribution in [3.05, 3.63) is 53.6 Å².